The Morgan fingerprint density at radius 2 is 2.00 bits per heavy atom. The van der Waals surface area contributed by atoms with Crippen molar-refractivity contribution in [3.63, 3.8) is 0 Å². The van der Waals surface area contributed by atoms with Gasteiger partial charge < -0.3 is 20.5 Å². The van der Waals surface area contributed by atoms with Crippen molar-refractivity contribution >= 4 is 22.4 Å². The second-order valence-electron chi connectivity index (χ2n) is 6.53. The number of amides is 1. The molecule has 1 amide bonds. The van der Waals surface area contributed by atoms with Gasteiger partial charge in [0.15, 0.2) is 5.13 Å². The highest BCUT2D eigenvalue weighted by atomic mass is 32.1. The first-order valence-electron chi connectivity index (χ1n) is 8.95. The summed E-state index contributed by atoms with van der Waals surface area (Å²) in [6, 6.07) is 8.17. The van der Waals surface area contributed by atoms with Crippen LogP contribution in [0.1, 0.15) is 40.9 Å². The molecule has 1 fully saturated rings. The molecule has 1 heterocycles. The maximum Gasteiger partial charge on any atom is 0.263 e. The number of benzene rings is 1. The molecule has 6 nitrogen and oxygen atoms in total. The monoisotopic (exact) mass is 375 g/mol. The number of hydrogen-bond donors (Lipinski definition) is 3. The molecule has 2 aromatic rings. The van der Waals surface area contributed by atoms with Gasteiger partial charge in [-0.05, 0) is 49.8 Å². The average Bonchev–Trinajstić information content (AvgIpc) is 3.13. The summed E-state index contributed by atoms with van der Waals surface area (Å²) < 4.78 is 5.14. The van der Waals surface area contributed by atoms with E-state index < -0.39 is 0 Å². The minimum absolute atomic E-state index is 0.0943. The maximum atomic E-state index is 12.3. The number of aliphatic hydroxyl groups is 1. The first-order chi connectivity index (χ1) is 12.6. The fourth-order valence-electron chi connectivity index (χ4n) is 3.04. The molecule has 1 aromatic heterocycles. The Bertz CT molecular complexity index is 709. The van der Waals surface area contributed by atoms with E-state index in [2.05, 4.69) is 15.6 Å². The molecule has 3 N–H and O–H groups in total. The Morgan fingerprint density at radius 1 is 1.27 bits per heavy atom. The van der Waals surface area contributed by atoms with E-state index in [4.69, 9.17) is 4.74 Å². The van der Waals surface area contributed by atoms with E-state index in [1.165, 1.54) is 11.3 Å². The van der Waals surface area contributed by atoms with E-state index in [-0.39, 0.29) is 12.0 Å². The van der Waals surface area contributed by atoms with Gasteiger partial charge >= 0.3 is 0 Å². The number of methoxy groups -OCH3 is 1. The molecule has 0 bridgehead atoms. The number of thiazole rings is 1. The predicted octanol–water partition coefficient (Wildman–Crippen LogP) is 2.84. The lowest BCUT2D eigenvalue weighted by Crippen LogP contribution is -2.28. The SMILES string of the molecule is COc1ccc(CCNC(=O)c2cnc(NC3CCC(O)CC3)s2)cc1. The highest BCUT2D eigenvalue weighted by Gasteiger charge is 2.20. The smallest absolute Gasteiger partial charge is 0.263 e. The summed E-state index contributed by atoms with van der Waals surface area (Å²) in [6.45, 7) is 0.576. The zero-order valence-corrected chi connectivity index (χ0v) is 15.7. The molecular formula is C19H25N3O3S. The van der Waals surface area contributed by atoms with Crippen LogP contribution in [0.25, 0.3) is 0 Å². The van der Waals surface area contributed by atoms with Crippen molar-refractivity contribution in [3.05, 3.63) is 40.9 Å². The molecule has 0 aliphatic heterocycles. The Balaban J connectivity index is 1.43. The lowest BCUT2D eigenvalue weighted by Gasteiger charge is -2.25. The van der Waals surface area contributed by atoms with Crippen molar-refractivity contribution in [2.45, 2.75) is 44.2 Å². The van der Waals surface area contributed by atoms with Gasteiger partial charge in [-0.2, -0.15) is 0 Å². The summed E-state index contributed by atoms with van der Waals surface area (Å²) in [5, 5.41) is 16.6. The number of hydrogen-bond acceptors (Lipinski definition) is 6. The van der Waals surface area contributed by atoms with Crippen LogP contribution in [0.4, 0.5) is 5.13 Å². The van der Waals surface area contributed by atoms with Crippen LogP contribution in [0.5, 0.6) is 5.75 Å². The molecule has 140 valence electrons. The highest BCUT2D eigenvalue weighted by Crippen LogP contribution is 2.25. The number of aliphatic hydroxyl groups excluding tert-OH is 1. The first kappa shape index (κ1) is 18.7. The van der Waals surface area contributed by atoms with Crippen LogP contribution in [0.2, 0.25) is 0 Å². The van der Waals surface area contributed by atoms with Crippen molar-refractivity contribution in [3.8, 4) is 5.75 Å². The zero-order chi connectivity index (χ0) is 18.4. The molecule has 1 aliphatic carbocycles. The van der Waals surface area contributed by atoms with Gasteiger partial charge in [0.1, 0.15) is 10.6 Å². The molecule has 1 aliphatic rings. The number of carbonyl (C=O) groups excluding carboxylic acids is 1. The number of aromatic nitrogens is 1. The fourth-order valence-corrected chi connectivity index (χ4v) is 3.85. The minimum Gasteiger partial charge on any atom is -0.497 e. The summed E-state index contributed by atoms with van der Waals surface area (Å²) in [7, 11) is 1.64. The highest BCUT2D eigenvalue weighted by molar-refractivity contribution is 7.17. The molecule has 0 saturated heterocycles. The van der Waals surface area contributed by atoms with Gasteiger partial charge in [0.25, 0.3) is 5.91 Å². The molecule has 0 unspecified atom stereocenters. The molecular weight excluding hydrogens is 350 g/mol. The predicted molar refractivity (Wildman–Crippen MR) is 103 cm³/mol. The summed E-state index contributed by atoms with van der Waals surface area (Å²) in [5.41, 5.74) is 1.15. The largest absolute Gasteiger partial charge is 0.497 e. The third-order valence-electron chi connectivity index (χ3n) is 4.61. The lowest BCUT2D eigenvalue weighted by atomic mass is 9.93. The van der Waals surface area contributed by atoms with Crippen LogP contribution in [-0.2, 0) is 6.42 Å². The van der Waals surface area contributed by atoms with E-state index >= 15 is 0 Å². The Labute approximate surface area is 157 Å². The Kier molecular flexibility index (Phi) is 6.46. The summed E-state index contributed by atoms with van der Waals surface area (Å²) in [6.07, 6.45) is 5.73. The van der Waals surface area contributed by atoms with Crippen LogP contribution in [-0.4, -0.2) is 41.8 Å². The quantitative estimate of drug-likeness (QED) is 0.693. The molecule has 0 spiro atoms. The fraction of sp³-hybridized carbons (Fsp3) is 0.474. The number of rotatable bonds is 7. The Hall–Kier alpha value is -2.12. The third-order valence-corrected chi connectivity index (χ3v) is 5.54. The second-order valence-corrected chi connectivity index (χ2v) is 7.56. The van der Waals surface area contributed by atoms with Crippen LogP contribution < -0.4 is 15.4 Å². The molecule has 26 heavy (non-hydrogen) atoms. The molecule has 0 atom stereocenters. The second kappa shape index (κ2) is 9.00. The van der Waals surface area contributed by atoms with Crippen molar-refractivity contribution in [1.29, 1.82) is 0 Å². The normalized spacial score (nSPS) is 19.8. The van der Waals surface area contributed by atoms with Crippen molar-refractivity contribution in [2.75, 3.05) is 19.0 Å². The lowest BCUT2D eigenvalue weighted by molar-refractivity contribution is 0.0958. The van der Waals surface area contributed by atoms with Gasteiger partial charge in [0.2, 0.25) is 0 Å². The maximum absolute atomic E-state index is 12.3. The number of nitrogens with one attached hydrogen (secondary N) is 2. The van der Waals surface area contributed by atoms with E-state index in [0.29, 0.717) is 17.5 Å². The third kappa shape index (κ3) is 5.19. The van der Waals surface area contributed by atoms with E-state index in [1.54, 1.807) is 13.3 Å². The van der Waals surface area contributed by atoms with E-state index in [9.17, 15) is 9.90 Å². The van der Waals surface area contributed by atoms with Crippen molar-refractivity contribution in [2.24, 2.45) is 0 Å². The number of nitrogens with zero attached hydrogens (tertiary/aromatic N) is 1. The minimum atomic E-state index is -0.170. The Morgan fingerprint density at radius 3 is 2.69 bits per heavy atom. The van der Waals surface area contributed by atoms with Crippen molar-refractivity contribution in [1.82, 2.24) is 10.3 Å². The summed E-state index contributed by atoms with van der Waals surface area (Å²) in [4.78, 5) is 17.2. The van der Waals surface area contributed by atoms with Gasteiger partial charge in [-0.3, -0.25) is 4.79 Å². The van der Waals surface area contributed by atoms with Gasteiger partial charge in [-0.15, -0.1) is 0 Å². The van der Waals surface area contributed by atoms with Crippen molar-refractivity contribution < 1.29 is 14.6 Å². The van der Waals surface area contributed by atoms with Gasteiger partial charge in [-0.1, -0.05) is 23.5 Å². The average molecular weight is 375 g/mol. The van der Waals surface area contributed by atoms with E-state index in [0.717, 1.165) is 48.5 Å². The molecule has 1 aromatic carbocycles. The molecule has 7 heteroatoms. The van der Waals surface area contributed by atoms with Crippen LogP contribution >= 0.6 is 11.3 Å². The van der Waals surface area contributed by atoms with Gasteiger partial charge in [0.05, 0.1) is 19.4 Å². The van der Waals surface area contributed by atoms with Crippen LogP contribution in [0.15, 0.2) is 30.5 Å². The van der Waals surface area contributed by atoms with Gasteiger partial charge in [0, 0.05) is 12.6 Å². The van der Waals surface area contributed by atoms with Crippen LogP contribution in [0.3, 0.4) is 0 Å². The molecule has 3 rings (SSSR count). The topological polar surface area (TPSA) is 83.5 Å². The summed E-state index contributed by atoms with van der Waals surface area (Å²) >= 11 is 1.37. The molecule has 0 radical (unpaired) electrons. The van der Waals surface area contributed by atoms with E-state index in [1.807, 2.05) is 24.3 Å². The molecule has 1 saturated carbocycles. The first-order valence-corrected chi connectivity index (χ1v) is 9.77. The van der Waals surface area contributed by atoms with Gasteiger partial charge in [-0.25, -0.2) is 4.98 Å². The number of carbonyl (C=O) groups is 1. The number of anilines is 1. The zero-order valence-electron chi connectivity index (χ0n) is 14.9. The number of ether oxygens (including phenoxy) is 1. The summed E-state index contributed by atoms with van der Waals surface area (Å²) in [5.74, 6) is 0.734. The standard InChI is InChI=1S/C19H25N3O3S/c1-25-16-8-2-13(3-9-16)10-11-20-18(24)17-12-21-19(26-17)22-14-4-6-15(23)7-5-14/h2-3,8-9,12,14-15,23H,4-7,10-11H2,1H3,(H,20,24)(H,21,22). The van der Waals surface area contributed by atoms with Crippen LogP contribution in [0, 0.1) is 0 Å².